The van der Waals surface area contributed by atoms with Crippen molar-refractivity contribution in [3.63, 3.8) is 0 Å². The Hall–Kier alpha value is -2.52. The van der Waals surface area contributed by atoms with E-state index < -0.39 is 11.0 Å². The van der Waals surface area contributed by atoms with Crippen LogP contribution < -0.4 is 5.32 Å². The molecule has 142 valence electrons. The summed E-state index contributed by atoms with van der Waals surface area (Å²) < 4.78 is 15.4. The molecule has 3 aromatic heterocycles. The van der Waals surface area contributed by atoms with Crippen molar-refractivity contribution >= 4 is 28.7 Å². The van der Waals surface area contributed by atoms with E-state index in [1.165, 1.54) is 0 Å². The number of allylic oxidation sites excluding steroid dienone is 1. The Labute approximate surface area is 160 Å². The fourth-order valence-corrected chi connectivity index (χ4v) is 4.17. The van der Waals surface area contributed by atoms with Crippen molar-refractivity contribution in [2.75, 3.05) is 24.7 Å². The second-order valence-electron chi connectivity index (χ2n) is 6.61. The third-order valence-corrected chi connectivity index (χ3v) is 5.93. The second kappa shape index (κ2) is 7.61. The molecule has 0 amide bonds. The molecule has 3 aromatic rings. The zero-order valence-corrected chi connectivity index (χ0v) is 16.2. The lowest BCUT2D eigenvalue weighted by Gasteiger charge is -2.29. The lowest BCUT2D eigenvalue weighted by atomic mass is 10.0. The van der Waals surface area contributed by atoms with Gasteiger partial charge in [0.1, 0.15) is 0 Å². The van der Waals surface area contributed by atoms with E-state index in [9.17, 15) is 4.21 Å². The number of H-pyrrole nitrogens is 1. The number of anilines is 1. The number of nitrogens with one attached hydrogen (secondary N) is 2. The van der Waals surface area contributed by atoms with E-state index in [4.69, 9.17) is 4.98 Å². The zero-order chi connectivity index (χ0) is 18.8. The van der Waals surface area contributed by atoms with Crippen LogP contribution in [0.3, 0.4) is 0 Å². The first-order valence-electron chi connectivity index (χ1n) is 9.02. The third kappa shape index (κ3) is 3.65. The largest absolute Gasteiger partial charge is 0.350 e. The Balaban J connectivity index is 1.61. The highest BCUT2D eigenvalue weighted by molar-refractivity contribution is 7.81. The molecule has 1 aliphatic heterocycles. The van der Waals surface area contributed by atoms with Crippen LogP contribution in [0.25, 0.3) is 22.9 Å². The predicted molar refractivity (Wildman–Crippen MR) is 108 cm³/mol. The van der Waals surface area contributed by atoms with Crippen molar-refractivity contribution in [2.24, 2.45) is 0 Å². The Bertz CT molecular complexity index is 971. The highest BCUT2D eigenvalue weighted by Crippen LogP contribution is 2.27. The van der Waals surface area contributed by atoms with Crippen LogP contribution in [0.2, 0.25) is 0 Å². The fourth-order valence-electron chi connectivity index (χ4n) is 3.45. The molecule has 0 radical (unpaired) electrons. The molecule has 4 heterocycles. The number of hydrogen-bond donors (Lipinski definition) is 2. The lowest BCUT2D eigenvalue weighted by Crippen LogP contribution is -2.39. The zero-order valence-electron chi connectivity index (χ0n) is 15.4. The van der Waals surface area contributed by atoms with Gasteiger partial charge in [-0.3, -0.25) is 5.10 Å². The summed E-state index contributed by atoms with van der Waals surface area (Å²) >= 11 is 0. The van der Waals surface area contributed by atoms with Crippen LogP contribution in [0.15, 0.2) is 30.7 Å². The van der Waals surface area contributed by atoms with Crippen LogP contribution >= 0.6 is 0 Å². The standard InChI is InChI=1S/C18H23N7OS/c1-3-4-16-15(13-11-19-20-12-13)7-10-25-17(16)22-18(23-25)21-14-5-8-24(9-6-14)27(2)26/h3-4,7,10-12,14H,5-6,8-9H2,1-2H3,(H,19,20)(H,21,23)/b4-3+. The van der Waals surface area contributed by atoms with Crippen molar-refractivity contribution in [1.82, 2.24) is 29.1 Å². The van der Waals surface area contributed by atoms with Gasteiger partial charge in [-0.25, -0.2) is 13.0 Å². The van der Waals surface area contributed by atoms with Gasteiger partial charge in [-0.1, -0.05) is 12.2 Å². The van der Waals surface area contributed by atoms with E-state index in [2.05, 4.69) is 20.6 Å². The van der Waals surface area contributed by atoms with Crippen molar-refractivity contribution < 1.29 is 4.21 Å². The quantitative estimate of drug-likeness (QED) is 0.703. The van der Waals surface area contributed by atoms with Gasteiger partial charge in [0.15, 0.2) is 5.65 Å². The van der Waals surface area contributed by atoms with Gasteiger partial charge >= 0.3 is 0 Å². The molecule has 1 aliphatic rings. The van der Waals surface area contributed by atoms with Gasteiger partial charge in [0.2, 0.25) is 5.95 Å². The van der Waals surface area contributed by atoms with E-state index in [-0.39, 0.29) is 0 Å². The Morgan fingerprint density at radius 1 is 1.37 bits per heavy atom. The Morgan fingerprint density at radius 2 is 2.19 bits per heavy atom. The highest BCUT2D eigenvalue weighted by atomic mass is 32.2. The first kappa shape index (κ1) is 17.9. The second-order valence-corrected chi connectivity index (χ2v) is 7.97. The number of hydrogen-bond acceptors (Lipinski definition) is 5. The van der Waals surface area contributed by atoms with E-state index in [0.717, 1.165) is 48.3 Å². The van der Waals surface area contributed by atoms with E-state index in [1.54, 1.807) is 17.0 Å². The SMILES string of the molecule is C/C=C/c1c(-c2cn[nH]c2)ccn2nc(NC3CCN(S(C)=O)CC3)nc12. The predicted octanol–water partition coefficient (Wildman–Crippen LogP) is 2.32. The maximum absolute atomic E-state index is 11.6. The Morgan fingerprint density at radius 3 is 2.85 bits per heavy atom. The molecule has 27 heavy (non-hydrogen) atoms. The fraction of sp³-hybridized carbons (Fsp3) is 0.389. The summed E-state index contributed by atoms with van der Waals surface area (Å²) in [6, 6.07) is 2.32. The maximum atomic E-state index is 11.6. The van der Waals surface area contributed by atoms with Crippen LogP contribution in [0.1, 0.15) is 25.3 Å². The van der Waals surface area contributed by atoms with Crippen molar-refractivity contribution in [3.8, 4) is 11.1 Å². The molecule has 0 aromatic carbocycles. The summed E-state index contributed by atoms with van der Waals surface area (Å²) in [5.41, 5.74) is 3.90. The number of fused-ring (bicyclic) bond motifs is 1. The molecule has 1 unspecified atom stereocenters. The van der Waals surface area contributed by atoms with E-state index in [0.29, 0.717) is 12.0 Å². The smallest absolute Gasteiger partial charge is 0.243 e. The van der Waals surface area contributed by atoms with Gasteiger partial charge < -0.3 is 5.32 Å². The monoisotopic (exact) mass is 385 g/mol. The molecular weight excluding hydrogens is 362 g/mol. The third-order valence-electron chi connectivity index (χ3n) is 4.84. The maximum Gasteiger partial charge on any atom is 0.243 e. The van der Waals surface area contributed by atoms with Gasteiger partial charge in [-0.05, 0) is 31.4 Å². The van der Waals surface area contributed by atoms with Crippen molar-refractivity contribution in [2.45, 2.75) is 25.8 Å². The number of aromatic amines is 1. The summed E-state index contributed by atoms with van der Waals surface area (Å²) in [7, 11) is -0.894. The molecule has 0 spiro atoms. The molecular formula is C18H23N7OS. The molecule has 1 fully saturated rings. The summed E-state index contributed by atoms with van der Waals surface area (Å²) in [6.07, 6.45) is 13.2. The minimum Gasteiger partial charge on any atom is -0.350 e. The number of piperidine rings is 1. The average Bonchev–Trinajstić information content (AvgIpc) is 3.32. The van der Waals surface area contributed by atoms with Crippen LogP contribution in [0.5, 0.6) is 0 Å². The molecule has 0 saturated carbocycles. The minimum atomic E-state index is -0.894. The minimum absolute atomic E-state index is 0.292. The van der Waals surface area contributed by atoms with Crippen LogP contribution in [-0.4, -0.2) is 58.7 Å². The lowest BCUT2D eigenvalue weighted by molar-refractivity contribution is 0.346. The van der Waals surface area contributed by atoms with Gasteiger partial charge in [0, 0.05) is 48.9 Å². The molecule has 9 heteroatoms. The van der Waals surface area contributed by atoms with Gasteiger partial charge in [0.25, 0.3) is 0 Å². The summed E-state index contributed by atoms with van der Waals surface area (Å²) in [4.78, 5) is 4.74. The molecule has 4 rings (SSSR count). The first-order chi connectivity index (χ1) is 13.2. The van der Waals surface area contributed by atoms with Crippen LogP contribution in [-0.2, 0) is 11.0 Å². The summed E-state index contributed by atoms with van der Waals surface area (Å²) in [5.74, 6) is 0.626. The number of pyridine rings is 1. The van der Waals surface area contributed by atoms with Gasteiger partial charge in [0.05, 0.1) is 17.2 Å². The van der Waals surface area contributed by atoms with Crippen LogP contribution in [0, 0.1) is 0 Å². The van der Waals surface area contributed by atoms with Gasteiger partial charge in [-0.2, -0.15) is 10.1 Å². The van der Waals surface area contributed by atoms with Crippen LogP contribution in [0.4, 0.5) is 5.95 Å². The molecule has 8 nitrogen and oxygen atoms in total. The summed E-state index contributed by atoms with van der Waals surface area (Å²) in [5, 5.41) is 14.9. The molecule has 2 N–H and O–H groups in total. The number of nitrogens with zero attached hydrogens (tertiary/aromatic N) is 5. The molecule has 0 bridgehead atoms. The molecule has 1 saturated heterocycles. The molecule has 0 aliphatic carbocycles. The highest BCUT2D eigenvalue weighted by Gasteiger charge is 2.22. The van der Waals surface area contributed by atoms with Gasteiger partial charge in [-0.15, -0.1) is 5.10 Å². The summed E-state index contributed by atoms with van der Waals surface area (Å²) in [6.45, 7) is 3.63. The Kier molecular flexibility index (Phi) is 5.04. The molecule has 1 atom stereocenters. The number of aromatic nitrogens is 5. The average molecular weight is 385 g/mol. The normalized spacial score (nSPS) is 17.7. The van der Waals surface area contributed by atoms with E-state index in [1.807, 2.05) is 41.8 Å². The topological polar surface area (TPSA) is 91.2 Å². The first-order valence-corrected chi connectivity index (χ1v) is 10.5. The number of rotatable bonds is 5. The van der Waals surface area contributed by atoms with E-state index >= 15 is 0 Å². The van der Waals surface area contributed by atoms with Crippen molar-refractivity contribution in [1.29, 1.82) is 0 Å². The van der Waals surface area contributed by atoms with Crippen molar-refractivity contribution in [3.05, 3.63) is 36.3 Å².